The fraction of sp³-hybridized carbons (Fsp3) is 0.656. The summed E-state index contributed by atoms with van der Waals surface area (Å²) < 4.78 is 24.5. The predicted octanol–water partition coefficient (Wildman–Crippen LogP) is 4.29. The standard InChI is InChI=1S/C32H42O8/c1-17-15-32(36)27(39-28(35)21-12-10-9-11-13-21)25-30(7,18(2)14-22-31(25,16-38-22)40-20(4)33)26(34)24(37-8)23(19(17)3)29(32,5)6/h9-13,17-18,22,24-25,27,36H,14-16H2,1-8H3/t17-,18-,22+,24+,25?,27-,30+,31-,32+/m0/s1. The summed E-state index contributed by atoms with van der Waals surface area (Å²) in [5.74, 6) is -2.56. The van der Waals surface area contributed by atoms with Gasteiger partial charge < -0.3 is 24.1 Å². The number of hydrogen-bond donors (Lipinski definition) is 1. The van der Waals surface area contributed by atoms with E-state index in [0.29, 0.717) is 12.0 Å². The first-order valence-corrected chi connectivity index (χ1v) is 14.2. The predicted molar refractivity (Wildman–Crippen MR) is 146 cm³/mol. The lowest BCUT2D eigenvalue weighted by Crippen LogP contribution is -2.80. The molecule has 0 aromatic heterocycles. The zero-order valence-corrected chi connectivity index (χ0v) is 24.8. The number of fused-ring (bicyclic) bond motifs is 5. The summed E-state index contributed by atoms with van der Waals surface area (Å²) in [5, 5.41) is 13.0. The minimum Gasteiger partial charge on any atom is -0.455 e. The summed E-state index contributed by atoms with van der Waals surface area (Å²) in [6, 6.07) is 8.61. The average Bonchev–Trinajstić information content (AvgIpc) is 2.89. The Kier molecular flexibility index (Phi) is 6.88. The lowest BCUT2D eigenvalue weighted by Gasteiger charge is -2.68. The van der Waals surface area contributed by atoms with Crippen LogP contribution >= 0.6 is 0 Å². The SMILES string of the molecule is CO[C@H]1C(=O)[C@@]2(C)C([C@H](OC(=O)c3ccccc3)[C@]3(O)C[C@H](C)C(C)=C1C3(C)C)[C@]1(OC(C)=O)CO[C@@H]1C[C@@H]2C. The Labute approximate surface area is 236 Å². The summed E-state index contributed by atoms with van der Waals surface area (Å²) >= 11 is 0. The van der Waals surface area contributed by atoms with Gasteiger partial charge in [-0.2, -0.15) is 0 Å². The second-order valence-corrected chi connectivity index (χ2v) is 13.2. The highest BCUT2D eigenvalue weighted by atomic mass is 16.6. The van der Waals surface area contributed by atoms with Crippen LogP contribution in [0.15, 0.2) is 41.5 Å². The number of allylic oxidation sites excluding steroid dienone is 1. The highest BCUT2D eigenvalue weighted by molar-refractivity contribution is 5.94. The van der Waals surface area contributed by atoms with Gasteiger partial charge in [-0.25, -0.2) is 4.79 Å². The molecule has 2 saturated carbocycles. The van der Waals surface area contributed by atoms with Crippen molar-refractivity contribution in [3.8, 4) is 0 Å². The molecule has 0 radical (unpaired) electrons. The molecule has 1 aromatic carbocycles. The van der Waals surface area contributed by atoms with Crippen LogP contribution in [0.3, 0.4) is 0 Å². The van der Waals surface area contributed by atoms with E-state index in [2.05, 4.69) is 0 Å². The van der Waals surface area contributed by atoms with Gasteiger partial charge in [0.15, 0.2) is 11.4 Å². The molecule has 3 aliphatic carbocycles. The number of aliphatic hydroxyl groups is 1. The van der Waals surface area contributed by atoms with Crippen molar-refractivity contribution in [3.63, 3.8) is 0 Å². The van der Waals surface area contributed by atoms with Gasteiger partial charge in [0, 0.05) is 24.9 Å². The van der Waals surface area contributed by atoms with Crippen LogP contribution in [0.1, 0.15) is 71.7 Å². The minimum absolute atomic E-state index is 0.0440. The molecule has 1 aromatic rings. The van der Waals surface area contributed by atoms with Gasteiger partial charge in [0.1, 0.15) is 23.9 Å². The first-order chi connectivity index (χ1) is 18.7. The number of ketones is 1. The molecule has 1 N–H and O–H groups in total. The topological polar surface area (TPSA) is 108 Å². The molecule has 1 saturated heterocycles. The molecular formula is C32H42O8. The summed E-state index contributed by atoms with van der Waals surface area (Å²) in [5.41, 5.74) is -3.05. The molecule has 9 atom stereocenters. The van der Waals surface area contributed by atoms with Crippen LogP contribution in [0.5, 0.6) is 0 Å². The van der Waals surface area contributed by atoms with E-state index in [4.69, 9.17) is 18.9 Å². The maximum Gasteiger partial charge on any atom is 0.338 e. The van der Waals surface area contributed by atoms with E-state index in [9.17, 15) is 19.5 Å². The molecule has 8 heteroatoms. The zero-order chi connectivity index (χ0) is 29.4. The van der Waals surface area contributed by atoms with E-state index >= 15 is 0 Å². The minimum atomic E-state index is -1.63. The fourth-order valence-corrected chi connectivity index (χ4v) is 8.41. The van der Waals surface area contributed by atoms with Crippen molar-refractivity contribution in [2.24, 2.45) is 28.6 Å². The quantitative estimate of drug-likeness (QED) is 0.434. The lowest BCUT2D eigenvalue weighted by molar-refractivity contribution is -0.340. The van der Waals surface area contributed by atoms with E-state index < -0.39 is 58.2 Å². The molecule has 218 valence electrons. The molecule has 1 unspecified atom stereocenters. The molecule has 0 spiro atoms. The van der Waals surface area contributed by atoms with Crippen LogP contribution < -0.4 is 0 Å². The highest BCUT2D eigenvalue weighted by Crippen LogP contribution is 2.65. The normalized spacial score (nSPS) is 42.0. The van der Waals surface area contributed by atoms with Crippen molar-refractivity contribution < 1.29 is 38.4 Å². The molecule has 2 bridgehead atoms. The van der Waals surface area contributed by atoms with Gasteiger partial charge in [-0.1, -0.05) is 58.4 Å². The number of carbonyl (C=O) groups is 3. The molecule has 3 fully saturated rings. The average molecular weight is 555 g/mol. The van der Waals surface area contributed by atoms with Crippen molar-refractivity contribution in [1.82, 2.24) is 0 Å². The van der Waals surface area contributed by atoms with Crippen LogP contribution in [0.25, 0.3) is 0 Å². The van der Waals surface area contributed by atoms with Gasteiger partial charge in [-0.3, -0.25) is 9.59 Å². The van der Waals surface area contributed by atoms with E-state index in [1.807, 2.05) is 41.5 Å². The third-order valence-corrected chi connectivity index (χ3v) is 11.0. The Hall–Kier alpha value is -2.55. The Balaban J connectivity index is 1.83. The molecular weight excluding hydrogens is 512 g/mol. The Morgan fingerprint density at radius 3 is 2.30 bits per heavy atom. The molecule has 1 aliphatic heterocycles. The number of hydrogen-bond acceptors (Lipinski definition) is 8. The molecule has 5 rings (SSSR count). The second kappa shape index (κ2) is 9.50. The van der Waals surface area contributed by atoms with Crippen molar-refractivity contribution in [1.29, 1.82) is 0 Å². The van der Waals surface area contributed by atoms with Gasteiger partial charge in [-0.05, 0) is 49.3 Å². The van der Waals surface area contributed by atoms with Gasteiger partial charge >= 0.3 is 11.9 Å². The molecule has 40 heavy (non-hydrogen) atoms. The van der Waals surface area contributed by atoms with Crippen LogP contribution in [0.2, 0.25) is 0 Å². The number of methoxy groups -OCH3 is 1. The van der Waals surface area contributed by atoms with E-state index in [1.165, 1.54) is 14.0 Å². The van der Waals surface area contributed by atoms with Gasteiger partial charge in [0.2, 0.25) is 0 Å². The number of ether oxygens (including phenoxy) is 4. The monoisotopic (exact) mass is 554 g/mol. The van der Waals surface area contributed by atoms with Crippen LogP contribution in [-0.4, -0.2) is 66.1 Å². The van der Waals surface area contributed by atoms with Gasteiger partial charge in [0.25, 0.3) is 0 Å². The second-order valence-electron chi connectivity index (χ2n) is 13.2. The van der Waals surface area contributed by atoms with Crippen molar-refractivity contribution >= 4 is 17.7 Å². The number of benzene rings is 1. The molecule has 1 heterocycles. The van der Waals surface area contributed by atoms with Crippen molar-refractivity contribution in [2.45, 2.75) is 90.8 Å². The Morgan fingerprint density at radius 1 is 1.10 bits per heavy atom. The van der Waals surface area contributed by atoms with Gasteiger partial charge in [0.05, 0.1) is 18.1 Å². The summed E-state index contributed by atoms with van der Waals surface area (Å²) in [6.45, 7) is 13.0. The van der Waals surface area contributed by atoms with Crippen molar-refractivity contribution in [3.05, 3.63) is 47.0 Å². The van der Waals surface area contributed by atoms with E-state index in [1.54, 1.807) is 30.3 Å². The van der Waals surface area contributed by atoms with Crippen LogP contribution in [0.4, 0.5) is 0 Å². The summed E-state index contributed by atoms with van der Waals surface area (Å²) in [6.07, 6.45) is -1.86. The lowest BCUT2D eigenvalue weighted by atomic mass is 9.43. The largest absolute Gasteiger partial charge is 0.455 e. The smallest absolute Gasteiger partial charge is 0.338 e. The number of carbonyl (C=O) groups excluding carboxylic acids is 3. The summed E-state index contributed by atoms with van der Waals surface area (Å²) in [4.78, 5) is 41.3. The van der Waals surface area contributed by atoms with Crippen molar-refractivity contribution in [2.75, 3.05) is 13.7 Å². The maximum atomic E-state index is 14.9. The third kappa shape index (κ3) is 3.71. The fourth-order valence-electron chi connectivity index (χ4n) is 8.41. The van der Waals surface area contributed by atoms with Crippen LogP contribution in [-0.2, 0) is 28.5 Å². The Bertz CT molecular complexity index is 1250. The molecule has 8 nitrogen and oxygen atoms in total. The summed E-state index contributed by atoms with van der Waals surface area (Å²) in [7, 11) is 1.52. The van der Waals surface area contributed by atoms with E-state index in [-0.39, 0.29) is 30.6 Å². The number of Topliss-reactive ketones (excluding diaryl/α,β-unsaturated/α-hetero) is 1. The third-order valence-electron chi connectivity index (χ3n) is 11.0. The molecule has 0 amide bonds. The van der Waals surface area contributed by atoms with E-state index in [0.717, 1.165) is 11.1 Å². The number of esters is 2. The first kappa shape index (κ1) is 29.0. The molecule has 4 aliphatic rings. The zero-order valence-electron chi connectivity index (χ0n) is 24.8. The first-order valence-electron chi connectivity index (χ1n) is 14.2. The van der Waals surface area contributed by atoms with Crippen LogP contribution in [0, 0.1) is 28.6 Å². The highest BCUT2D eigenvalue weighted by Gasteiger charge is 2.77. The number of rotatable bonds is 4. The Morgan fingerprint density at radius 2 is 1.75 bits per heavy atom. The maximum absolute atomic E-state index is 14.9. The van der Waals surface area contributed by atoms with Gasteiger partial charge in [-0.15, -0.1) is 0 Å².